The van der Waals surface area contributed by atoms with E-state index in [1.165, 1.54) is 26.2 Å². The van der Waals surface area contributed by atoms with Gasteiger partial charge in [0.15, 0.2) is 6.61 Å². The monoisotopic (exact) mass is 356 g/mol. The Morgan fingerprint density at radius 3 is 2.21 bits per heavy atom. The molecule has 1 aromatic rings. The second kappa shape index (κ2) is 8.25. The lowest BCUT2D eigenvalue weighted by molar-refractivity contribution is -0.134. The van der Waals surface area contributed by atoms with Gasteiger partial charge in [-0.15, -0.1) is 0 Å². The van der Waals surface area contributed by atoms with E-state index in [1.807, 2.05) is 13.8 Å². The summed E-state index contributed by atoms with van der Waals surface area (Å²) in [6, 6.07) is 4.25. The lowest BCUT2D eigenvalue weighted by Crippen LogP contribution is -2.34. The van der Waals surface area contributed by atoms with Gasteiger partial charge in [0.2, 0.25) is 10.0 Å². The number of nitrogens with zero attached hydrogens (tertiary/aromatic N) is 2. The van der Waals surface area contributed by atoms with Gasteiger partial charge in [-0.3, -0.25) is 4.79 Å². The van der Waals surface area contributed by atoms with Crippen molar-refractivity contribution < 1.29 is 22.7 Å². The maximum atomic E-state index is 12.2. The van der Waals surface area contributed by atoms with Crippen LogP contribution >= 0.6 is 0 Å². The number of amides is 1. The Morgan fingerprint density at radius 2 is 1.71 bits per heavy atom. The lowest BCUT2D eigenvalue weighted by Gasteiger charge is -2.18. The van der Waals surface area contributed by atoms with E-state index in [1.54, 1.807) is 17.9 Å². The van der Waals surface area contributed by atoms with E-state index >= 15 is 0 Å². The van der Waals surface area contributed by atoms with Crippen LogP contribution in [0.2, 0.25) is 0 Å². The Bertz CT molecular complexity index is 709. The van der Waals surface area contributed by atoms with Gasteiger partial charge in [-0.05, 0) is 38.5 Å². The Labute approximate surface area is 143 Å². The van der Waals surface area contributed by atoms with E-state index in [0.29, 0.717) is 18.7 Å². The number of aryl methyl sites for hydroxylation is 1. The zero-order chi connectivity index (χ0) is 18.5. The molecule has 134 valence electrons. The molecule has 0 aliphatic carbocycles. The molecule has 0 atom stereocenters. The first kappa shape index (κ1) is 20.1. The quantitative estimate of drug-likeness (QED) is 0.687. The number of esters is 1. The van der Waals surface area contributed by atoms with Crippen molar-refractivity contribution in [3.63, 3.8) is 0 Å². The van der Waals surface area contributed by atoms with Gasteiger partial charge >= 0.3 is 5.97 Å². The van der Waals surface area contributed by atoms with Crippen LogP contribution in [0.4, 0.5) is 0 Å². The highest BCUT2D eigenvalue weighted by molar-refractivity contribution is 7.89. The average molecular weight is 356 g/mol. The number of hydrogen-bond donors (Lipinski definition) is 0. The molecule has 24 heavy (non-hydrogen) atoms. The molecular weight excluding hydrogens is 332 g/mol. The molecule has 0 fully saturated rings. The predicted octanol–water partition coefficient (Wildman–Crippen LogP) is 1.27. The molecule has 1 amide bonds. The van der Waals surface area contributed by atoms with Crippen molar-refractivity contribution in [2.45, 2.75) is 25.7 Å². The van der Waals surface area contributed by atoms with Crippen LogP contribution in [-0.2, 0) is 19.6 Å². The van der Waals surface area contributed by atoms with Crippen molar-refractivity contribution in [2.24, 2.45) is 0 Å². The molecule has 0 saturated carbocycles. The summed E-state index contributed by atoms with van der Waals surface area (Å²) in [5.74, 6) is -1.01. The number of sulfonamides is 1. The van der Waals surface area contributed by atoms with Crippen LogP contribution in [0.5, 0.6) is 0 Å². The summed E-state index contributed by atoms with van der Waals surface area (Å²) in [5, 5.41) is 0. The minimum Gasteiger partial charge on any atom is -0.452 e. The molecule has 0 saturated heterocycles. The van der Waals surface area contributed by atoms with E-state index < -0.39 is 16.0 Å². The Kier molecular flexibility index (Phi) is 6.92. The number of likely N-dealkylation sites (N-methyl/N-ethyl adjacent to an activating group) is 1. The van der Waals surface area contributed by atoms with Crippen molar-refractivity contribution in [1.82, 2.24) is 9.21 Å². The standard InChI is InChI=1S/C16H24N2O5S/c1-6-18(7-2)15(19)11-23-16(20)14-10-13(9-8-12(14)3)24(21,22)17(4)5/h8-10H,6-7,11H2,1-5H3. The third kappa shape index (κ3) is 4.55. The van der Waals surface area contributed by atoms with E-state index in [2.05, 4.69) is 0 Å². The fourth-order valence-corrected chi connectivity index (χ4v) is 2.99. The van der Waals surface area contributed by atoms with Gasteiger partial charge in [0, 0.05) is 27.2 Å². The Hall–Kier alpha value is -1.93. The highest BCUT2D eigenvalue weighted by Crippen LogP contribution is 2.19. The minimum atomic E-state index is -3.65. The van der Waals surface area contributed by atoms with Crippen molar-refractivity contribution in [3.05, 3.63) is 29.3 Å². The van der Waals surface area contributed by atoms with E-state index in [0.717, 1.165) is 4.31 Å². The maximum Gasteiger partial charge on any atom is 0.338 e. The number of ether oxygens (including phenoxy) is 1. The van der Waals surface area contributed by atoms with Crippen LogP contribution in [0.25, 0.3) is 0 Å². The fraction of sp³-hybridized carbons (Fsp3) is 0.500. The van der Waals surface area contributed by atoms with Gasteiger partial charge in [0.1, 0.15) is 0 Å². The van der Waals surface area contributed by atoms with E-state index in [-0.39, 0.29) is 23.0 Å². The highest BCUT2D eigenvalue weighted by atomic mass is 32.2. The van der Waals surface area contributed by atoms with Crippen LogP contribution in [0.3, 0.4) is 0 Å². The normalized spacial score (nSPS) is 11.4. The molecular formula is C16H24N2O5S. The van der Waals surface area contributed by atoms with E-state index in [4.69, 9.17) is 4.74 Å². The molecule has 0 bridgehead atoms. The Balaban J connectivity index is 2.98. The molecule has 8 heteroatoms. The zero-order valence-corrected chi connectivity index (χ0v) is 15.5. The highest BCUT2D eigenvalue weighted by Gasteiger charge is 2.21. The molecule has 1 aromatic carbocycles. The predicted molar refractivity (Wildman–Crippen MR) is 90.3 cm³/mol. The van der Waals surface area contributed by atoms with Crippen LogP contribution in [-0.4, -0.2) is 63.3 Å². The zero-order valence-electron chi connectivity index (χ0n) is 14.7. The minimum absolute atomic E-state index is 0.000111. The summed E-state index contributed by atoms with van der Waals surface area (Å²) in [4.78, 5) is 25.7. The summed E-state index contributed by atoms with van der Waals surface area (Å²) >= 11 is 0. The molecule has 0 aliphatic rings. The summed E-state index contributed by atoms with van der Waals surface area (Å²) in [5.41, 5.74) is 0.707. The summed E-state index contributed by atoms with van der Waals surface area (Å²) < 4.78 is 30.4. The van der Waals surface area contributed by atoms with Gasteiger partial charge in [-0.2, -0.15) is 0 Å². The molecule has 0 unspecified atom stereocenters. The summed E-state index contributed by atoms with van der Waals surface area (Å²) in [7, 11) is -0.827. The topological polar surface area (TPSA) is 84.0 Å². The first-order valence-electron chi connectivity index (χ1n) is 7.63. The maximum absolute atomic E-state index is 12.2. The van der Waals surface area contributed by atoms with Gasteiger partial charge in [-0.25, -0.2) is 17.5 Å². The molecule has 0 spiro atoms. The number of carbonyl (C=O) groups is 2. The van der Waals surface area contributed by atoms with Crippen LogP contribution < -0.4 is 0 Å². The molecule has 0 heterocycles. The van der Waals surface area contributed by atoms with Crippen LogP contribution in [0.15, 0.2) is 23.1 Å². The number of benzene rings is 1. The van der Waals surface area contributed by atoms with E-state index in [9.17, 15) is 18.0 Å². The first-order chi connectivity index (χ1) is 11.1. The van der Waals surface area contributed by atoms with Crippen LogP contribution in [0.1, 0.15) is 29.8 Å². The van der Waals surface area contributed by atoms with Gasteiger partial charge in [0.05, 0.1) is 10.5 Å². The molecule has 0 N–H and O–H groups in total. The third-order valence-electron chi connectivity index (χ3n) is 3.65. The van der Waals surface area contributed by atoms with Crippen molar-refractivity contribution in [1.29, 1.82) is 0 Å². The van der Waals surface area contributed by atoms with Gasteiger partial charge < -0.3 is 9.64 Å². The van der Waals surface area contributed by atoms with Crippen LogP contribution in [0, 0.1) is 6.92 Å². The summed E-state index contributed by atoms with van der Waals surface area (Å²) in [6.07, 6.45) is 0. The Morgan fingerprint density at radius 1 is 1.12 bits per heavy atom. The fourth-order valence-electron chi connectivity index (χ4n) is 2.06. The van der Waals surface area contributed by atoms with Crippen molar-refractivity contribution in [3.8, 4) is 0 Å². The third-order valence-corrected chi connectivity index (χ3v) is 5.46. The second-order valence-electron chi connectivity index (χ2n) is 5.41. The lowest BCUT2D eigenvalue weighted by atomic mass is 10.1. The van der Waals surface area contributed by atoms with Gasteiger partial charge in [-0.1, -0.05) is 6.07 Å². The summed E-state index contributed by atoms with van der Waals surface area (Å²) in [6.45, 7) is 6.04. The molecule has 1 rings (SSSR count). The van der Waals surface area contributed by atoms with Crippen molar-refractivity contribution >= 4 is 21.9 Å². The number of hydrogen-bond acceptors (Lipinski definition) is 5. The molecule has 0 radical (unpaired) electrons. The molecule has 0 aromatic heterocycles. The average Bonchev–Trinajstić information content (AvgIpc) is 2.53. The smallest absolute Gasteiger partial charge is 0.338 e. The SMILES string of the molecule is CCN(CC)C(=O)COC(=O)c1cc(S(=O)(=O)N(C)C)ccc1C. The second-order valence-corrected chi connectivity index (χ2v) is 7.56. The molecule has 0 aliphatic heterocycles. The molecule has 7 nitrogen and oxygen atoms in total. The number of rotatable bonds is 7. The van der Waals surface area contributed by atoms with Crippen molar-refractivity contribution in [2.75, 3.05) is 33.8 Å². The van der Waals surface area contributed by atoms with Gasteiger partial charge in [0.25, 0.3) is 5.91 Å². The first-order valence-corrected chi connectivity index (χ1v) is 9.07. The number of carbonyl (C=O) groups excluding carboxylic acids is 2. The largest absolute Gasteiger partial charge is 0.452 e.